The minimum absolute atomic E-state index is 0.164. The number of ether oxygens (including phenoxy) is 1. The van der Waals surface area contributed by atoms with Gasteiger partial charge in [-0.25, -0.2) is 13.1 Å². The van der Waals surface area contributed by atoms with Gasteiger partial charge >= 0.3 is 0 Å². The molecule has 5 nitrogen and oxygen atoms in total. The normalized spacial score (nSPS) is 20.0. The Hall–Kier alpha value is -1.11. The zero-order valence-corrected chi connectivity index (χ0v) is 12.8. The first-order valence-corrected chi connectivity index (χ1v) is 8.32. The number of nitrogens with two attached hydrogens (primary N) is 1. The number of hydrogen-bond acceptors (Lipinski definition) is 4. The zero-order chi connectivity index (χ0) is 14.8. The Morgan fingerprint density at radius 2 is 2.05 bits per heavy atom. The summed E-state index contributed by atoms with van der Waals surface area (Å²) in [5.74, 6) is 0.242. The molecule has 1 aliphatic rings. The fraction of sp³-hybridized carbons (Fsp3) is 0.571. The lowest BCUT2D eigenvalue weighted by molar-refractivity contribution is 0.0568. The van der Waals surface area contributed by atoms with E-state index in [9.17, 15) is 8.42 Å². The highest BCUT2D eigenvalue weighted by molar-refractivity contribution is 7.89. The molecule has 20 heavy (non-hydrogen) atoms. The average molecular weight is 298 g/mol. The van der Waals surface area contributed by atoms with Gasteiger partial charge in [-0.05, 0) is 55.9 Å². The molecule has 0 radical (unpaired) electrons. The second-order valence-electron chi connectivity index (χ2n) is 5.41. The van der Waals surface area contributed by atoms with Crippen LogP contribution in [0.1, 0.15) is 24.0 Å². The third-order valence-electron chi connectivity index (χ3n) is 3.73. The summed E-state index contributed by atoms with van der Waals surface area (Å²) in [7, 11) is -3.56. The number of nitrogen functional groups attached to an aromatic ring is 1. The van der Waals surface area contributed by atoms with Gasteiger partial charge in [0, 0.05) is 13.2 Å². The molecule has 2 rings (SSSR count). The van der Waals surface area contributed by atoms with Crippen LogP contribution in [0.2, 0.25) is 0 Å². The van der Waals surface area contributed by atoms with Crippen LogP contribution in [0, 0.1) is 19.8 Å². The standard InChI is InChI=1S/C14H22N2O3S/c1-10-6-13(15)14(7-11(10)2)20(17,18)16-8-12-4-3-5-19-9-12/h6-7,12,16H,3-5,8-9,15H2,1-2H3. The second-order valence-corrected chi connectivity index (χ2v) is 7.14. The number of benzene rings is 1. The van der Waals surface area contributed by atoms with Gasteiger partial charge in [0.1, 0.15) is 4.90 Å². The summed E-state index contributed by atoms with van der Waals surface area (Å²) in [6.45, 7) is 5.57. The van der Waals surface area contributed by atoms with Crippen LogP contribution in [0.4, 0.5) is 5.69 Å². The van der Waals surface area contributed by atoms with Gasteiger partial charge in [0.15, 0.2) is 0 Å². The number of nitrogens with one attached hydrogen (secondary N) is 1. The summed E-state index contributed by atoms with van der Waals surface area (Å²) < 4.78 is 32.7. The lowest BCUT2D eigenvalue weighted by Crippen LogP contribution is -2.33. The first-order valence-electron chi connectivity index (χ1n) is 6.84. The Balaban J connectivity index is 2.11. The van der Waals surface area contributed by atoms with Crippen LogP contribution in [0.3, 0.4) is 0 Å². The van der Waals surface area contributed by atoms with Gasteiger partial charge in [-0.1, -0.05) is 0 Å². The van der Waals surface area contributed by atoms with Crippen LogP contribution in [0.25, 0.3) is 0 Å². The number of hydrogen-bond donors (Lipinski definition) is 2. The van der Waals surface area contributed by atoms with Crippen molar-refractivity contribution in [3.63, 3.8) is 0 Å². The maximum atomic E-state index is 12.3. The fourth-order valence-electron chi connectivity index (χ4n) is 2.32. The van der Waals surface area contributed by atoms with Crippen LogP contribution >= 0.6 is 0 Å². The molecule has 0 aromatic heterocycles. The molecule has 1 aromatic rings. The molecular formula is C14H22N2O3S. The van der Waals surface area contributed by atoms with Crippen molar-refractivity contribution in [3.05, 3.63) is 23.3 Å². The van der Waals surface area contributed by atoms with Gasteiger partial charge in [0.25, 0.3) is 0 Å². The van der Waals surface area contributed by atoms with E-state index in [4.69, 9.17) is 10.5 Å². The molecule has 1 atom stereocenters. The quantitative estimate of drug-likeness (QED) is 0.827. The van der Waals surface area contributed by atoms with Crippen molar-refractivity contribution in [2.45, 2.75) is 31.6 Å². The third-order valence-corrected chi connectivity index (χ3v) is 5.21. The Labute approximate surface area is 120 Å². The highest BCUT2D eigenvalue weighted by atomic mass is 32.2. The van der Waals surface area contributed by atoms with Gasteiger partial charge in [0.2, 0.25) is 10.0 Å². The van der Waals surface area contributed by atoms with E-state index in [0.717, 1.165) is 30.6 Å². The summed E-state index contributed by atoms with van der Waals surface area (Å²) in [4.78, 5) is 0.164. The van der Waals surface area contributed by atoms with E-state index in [-0.39, 0.29) is 10.8 Å². The van der Waals surface area contributed by atoms with Crippen LogP contribution < -0.4 is 10.5 Å². The van der Waals surface area contributed by atoms with Crippen LogP contribution in [0.5, 0.6) is 0 Å². The van der Waals surface area contributed by atoms with E-state index < -0.39 is 10.0 Å². The summed E-state index contributed by atoms with van der Waals surface area (Å²) in [5.41, 5.74) is 8.04. The van der Waals surface area contributed by atoms with Crippen molar-refractivity contribution in [1.29, 1.82) is 0 Å². The molecule has 0 bridgehead atoms. The van der Waals surface area contributed by atoms with E-state index >= 15 is 0 Å². The molecule has 0 spiro atoms. The smallest absolute Gasteiger partial charge is 0.242 e. The molecule has 1 unspecified atom stereocenters. The van der Waals surface area contributed by atoms with Crippen molar-refractivity contribution < 1.29 is 13.2 Å². The highest BCUT2D eigenvalue weighted by Gasteiger charge is 2.21. The third kappa shape index (κ3) is 3.50. The molecule has 0 saturated carbocycles. The predicted molar refractivity (Wildman–Crippen MR) is 79.1 cm³/mol. The van der Waals surface area contributed by atoms with Crippen molar-refractivity contribution in [2.75, 3.05) is 25.5 Å². The molecule has 112 valence electrons. The first-order chi connectivity index (χ1) is 9.40. The highest BCUT2D eigenvalue weighted by Crippen LogP contribution is 2.23. The second kappa shape index (κ2) is 6.11. The molecular weight excluding hydrogens is 276 g/mol. The molecule has 1 aromatic carbocycles. The maximum Gasteiger partial charge on any atom is 0.242 e. The number of sulfonamides is 1. The molecule has 1 heterocycles. The van der Waals surface area contributed by atoms with Crippen LogP contribution in [-0.4, -0.2) is 28.2 Å². The largest absolute Gasteiger partial charge is 0.398 e. The van der Waals surface area contributed by atoms with E-state index in [1.165, 1.54) is 0 Å². The Morgan fingerprint density at radius 1 is 1.35 bits per heavy atom. The van der Waals surface area contributed by atoms with E-state index in [0.29, 0.717) is 18.8 Å². The lowest BCUT2D eigenvalue weighted by atomic mass is 10.0. The topological polar surface area (TPSA) is 81.4 Å². The molecule has 1 saturated heterocycles. The predicted octanol–water partition coefficient (Wildman–Crippen LogP) is 1.59. The molecule has 1 aliphatic heterocycles. The maximum absolute atomic E-state index is 12.3. The van der Waals surface area contributed by atoms with Crippen LogP contribution in [-0.2, 0) is 14.8 Å². The first kappa shape index (κ1) is 15.3. The van der Waals surface area contributed by atoms with Crippen LogP contribution in [0.15, 0.2) is 17.0 Å². The Bertz CT molecular complexity index is 578. The van der Waals surface area contributed by atoms with Gasteiger partial charge in [-0.15, -0.1) is 0 Å². The molecule has 0 aliphatic carbocycles. The SMILES string of the molecule is Cc1cc(N)c(S(=O)(=O)NCC2CCCOC2)cc1C. The van der Waals surface area contributed by atoms with Crippen molar-refractivity contribution in [2.24, 2.45) is 5.92 Å². The van der Waals surface area contributed by atoms with Gasteiger partial charge < -0.3 is 10.5 Å². The number of rotatable bonds is 4. The molecule has 1 fully saturated rings. The summed E-state index contributed by atoms with van der Waals surface area (Å²) in [6, 6.07) is 3.33. The van der Waals surface area contributed by atoms with Gasteiger partial charge in [-0.3, -0.25) is 0 Å². The fourth-order valence-corrected chi connectivity index (χ4v) is 3.63. The average Bonchev–Trinajstić information content (AvgIpc) is 2.42. The van der Waals surface area contributed by atoms with E-state index in [1.54, 1.807) is 12.1 Å². The minimum Gasteiger partial charge on any atom is -0.398 e. The Kier molecular flexibility index (Phi) is 4.67. The number of anilines is 1. The van der Waals surface area contributed by atoms with Crippen molar-refractivity contribution >= 4 is 15.7 Å². The minimum atomic E-state index is -3.56. The summed E-state index contributed by atoms with van der Waals surface area (Å²) >= 11 is 0. The van der Waals surface area contributed by atoms with E-state index in [2.05, 4.69) is 4.72 Å². The van der Waals surface area contributed by atoms with Gasteiger partial charge in [-0.2, -0.15) is 0 Å². The zero-order valence-electron chi connectivity index (χ0n) is 12.0. The van der Waals surface area contributed by atoms with Crippen molar-refractivity contribution in [1.82, 2.24) is 4.72 Å². The molecule has 6 heteroatoms. The number of aryl methyl sites for hydroxylation is 2. The monoisotopic (exact) mass is 298 g/mol. The van der Waals surface area contributed by atoms with Gasteiger partial charge in [0.05, 0.1) is 12.3 Å². The van der Waals surface area contributed by atoms with Crippen molar-refractivity contribution in [3.8, 4) is 0 Å². The van der Waals surface area contributed by atoms with E-state index in [1.807, 2.05) is 13.8 Å². The lowest BCUT2D eigenvalue weighted by Gasteiger charge is -2.22. The Morgan fingerprint density at radius 3 is 2.70 bits per heavy atom. The molecule has 0 amide bonds. The molecule has 3 N–H and O–H groups in total. The summed E-state index contributed by atoms with van der Waals surface area (Å²) in [6.07, 6.45) is 1.98. The summed E-state index contributed by atoms with van der Waals surface area (Å²) in [5, 5.41) is 0.